The van der Waals surface area contributed by atoms with E-state index in [9.17, 15) is 0 Å². The Morgan fingerprint density at radius 2 is 1.97 bits per heavy atom. The molecule has 6 heteroatoms. The summed E-state index contributed by atoms with van der Waals surface area (Å²) in [5.74, 6) is 1.47. The van der Waals surface area contributed by atoms with Gasteiger partial charge in [-0.05, 0) is 37.0 Å². The molecule has 0 radical (unpaired) electrons. The molecule has 0 saturated heterocycles. The number of rotatable bonds is 10. The Morgan fingerprint density at radius 1 is 1.17 bits per heavy atom. The van der Waals surface area contributed by atoms with E-state index in [1.54, 1.807) is 11.3 Å². The third-order valence-electron chi connectivity index (χ3n) is 4.63. The Bertz CT molecular complexity index is 939. The van der Waals surface area contributed by atoms with Gasteiger partial charge in [0.1, 0.15) is 5.82 Å². The number of aliphatic hydroxyl groups excluding tert-OH is 1. The van der Waals surface area contributed by atoms with E-state index in [0.717, 1.165) is 47.2 Å². The van der Waals surface area contributed by atoms with Gasteiger partial charge in [0.05, 0.1) is 10.7 Å². The maximum atomic E-state index is 9.05. The van der Waals surface area contributed by atoms with Gasteiger partial charge in [-0.1, -0.05) is 43.0 Å². The van der Waals surface area contributed by atoms with Crippen LogP contribution in [-0.4, -0.2) is 35.3 Å². The summed E-state index contributed by atoms with van der Waals surface area (Å²) in [6, 6.07) is 14.5. The van der Waals surface area contributed by atoms with Crippen molar-refractivity contribution in [2.45, 2.75) is 26.2 Å². The van der Waals surface area contributed by atoms with Crippen molar-refractivity contribution in [2.75, 3.05) is 30.4 Å². The van der Waals surface area contributed by atoms with Crippen LogP contribution in [-0.2, 0) is 6.42 Å². The highest BCUT2D eigenvalue weighted by Crippen LogP contribution is 2.30. The number of nitrogens with one attached hydrogen (secondary N) is 1. The highest BCUT2D eigenvalue weighted by molar-refractivity contribution is 7.17. The fourth-order valence-electron chi connectivity index (χ4n) is 3.06. The number of nitrogens with zero attached hydrogens (tertiary/aromatic N) is 3. The second-order valence-electron chi connectivity index (χ2n) is 7.05. The van der Waals surface area contributed by atoms with E-state index in [4.69, 9.17) is 15.1 Å². The molecule has 29 heavy (non-hydrogen) atoms. The van der Waals surface area contributed by atoms with Crippen molar-refractivity contribution in [1.29, 1.82) is 0 Å². The Morgan fingerprint density at radius 3 is 2.66 bits per heavy atom. The Kier molecular flexibility index (Phi) is 7.38. The number of hydrogen-bond acceptors (Lipinski definition) is 6. The first-order valence-corrected chi connectivity index (χ1v) is 10.6. The summed E-state index contributed by atoms with van der Waals surface area (Å²) in [6.07, 6.45) is 4.30. The lowest BCUT2D eigenvalue weighted by molar-refractivity contribution is 0.285. The molecule has 0 bridgehead atoms. The van der Waals surface area contributed by atoms with Crippen LogP contribution in [0.25, 0.3) is 6.08 Å². The van der Waals surface area contributed by atoms with Crippen LogP contribution in [0.4, 0.5) is 16.8 Å². The van der Waals surface area contributed by atoms with E-state index in [-0.39, 0.29) is 6.61 Å². The van der Waals surface area contributed by atoms with E-state index in [0.29, 0.717) is 5.95 Å². The second-order valence-corrected chi connectivity index (χ2v) is 8.13. The molecule has 3 rings (SSSR count). The maximum Gasteiger partial charge on any atom is 0.227 e. The predicted molar refractivity (Wildman–Crippen MR) is 123 cm³/mol. The van der Waals surface area contributed by atoms with Gasteiger partial charge in [-0.25, -0.2) is 4.98 Å². The number of anilines is 3. The van der Waals surface area contributed by atoms with Gasteiger partial charge in [-0.2, -0.15) is 4.98 Å². The Hall–Kier alpha value is -2.70. The molecule has 2 N–H and O–H groups in total. The quantitative estimate of drug-likeness (QED) is 0.461. The van der Waals surface area contributed by atoms with E-state index < -0.39 is 0 Å². The number of thiophene rings is 1. The smallest absolute Gasteiger partial charge is 0.227 e. The summed E-state index contributed by atoms with van der Waals surface area (Å²) >= 11 is 1.66. The van der Waals surface area contributed by atoms with Crippen LogP contribution in [0.15, 0.2) is 49.0 Å². The van der Waals surface area contributed by atoms with Crippen molar-refractivity contribution in [3.63, 3.8) is 0 Å². The fraction of sp³-hybridized carbons (Fsp3) is 0.304. The lowest BCUT2D eigenvalue weighted by Gasteiger charge is -2.19. The van der Waals surface area contributed by atoms with E-state index in [1.165, 1.54) is 11.1 Å². The molecule has 0 aliphatic rings. The predicted octanol–water partition coefficient (Wildman–Crippen LogP) is 5.03. The second kappa shape index (κ2) is 10.2. The summed E-state index contributed by atoms with van der Waals surface area (Å²) in [4.78, 5) is 12.7. The van der Waals surface area contributed by atoms with Crippen molar-refractivity contribution in [1.82, 2.24) is 9.97 Å². The minimum Gasteiger partial charge on any atom is -0.396 e. The minimum atomic E-state index is 0.207. The Labute approximate surface area is 176 Å². The number of aromatic nitrogens is 2. The molecule has 0 saturated carbocycles. The topological polar surface area (TPSA) is 61.3 Å². The first-order valence-electron chi connectivity index (χ1n) is 9.83. The van der Waals surface area contributed by atoms with Crippen LogP contribution in [0, 0.1) is 6.92 Å². The van der Waals surface area contributed by atoms with Gasteiger partial charge in [0.15, 0.2) is 0 Å². The molecule has 0 unspecified atom stereocenters. The fourth-order valence-corrected chi connectivity index (χ4v) is 3.99. The van der Waals surface area contributed by atoms with Crippen LogP contribution in [0.5, 0.6) is 0 Å². The van der Waals surface area contributed by atoms with Crippen LogP contribution in [0.1, 0.15) is 34.5 Å². The number of aryl methyl sites for hydroxylation is 1. The monoisotopic (exact) mass is 408 g/mol. The average molecular weight is 409 g/mol. The molecule has 0 amide bonds. The molecular formula is C23H28N4OS. The number of hydrogen-bond donors (Lipinski definition) is 2. The largest absolute Gasteiger partial charge is 0.396 e. The Balaban J connectivity index is 1.87. The third kappa shape index (κ3) is 5.89. The van der Waals surface area contributed by atoms with Gasteiger partial charge >= 0.3 is 0 Å². The van der Waals surface area contributed by atoms with Crippen molar-refractivity contribution < 1.29 is 5.11 Å². The zero-order valence-corrected chi connectivity index (χ0v) is 17.9. The van der Waals surface area contributed by atoms with Gasteiger partial charge in [0.2, 0.25) is 5.95 Å². The molecular weight excluding hydrogens is 380 g/mol. The molecule has 5 nitrogen and oxygen atoms in total. The molecule has 152 valence electrons. The van der Waals surface area contributed by atoms with Crippen LogP contribution in [0.3, 0.4) is 0 Å². The first-order chi connectivity index (χ1) is 14.1. The van der Waals surface area contributed by atoms with E-state index in [2.05, 4.69) is 37.0 Å². The summed E-state index contributed by atoms with van der Waals surface area (Å²) in [7, 11) is 1.99. The molecule has 0 atom stereocenters. The van der Waals surface area contributed by atoms with Crippen molar-refractivity contribution in [2.24, 2.45) is 0 Å². The lowest BCUT2D eigenvalue weighted by Crippen LogP contribution is -2.22. The van der Waals surface area contributed by atoms with Gasteiger partial charge in [0.25, 0.3) is 0 Å². The van der Waals surface area contributed by atoms with E-state index in [1.807, 2.05) is 42.3 Å². The van der Waals surface area contributed by atoms with Crippen LogP contribution < -0.4 is 10.2 Å². The summed E-state index contributed by atoms with van der Waals surface area (Å²) < 4.78 is 0. The number of aliphatic hydroxyl groups is 1. The summed E-state index contributed by atoms with van der Waals surface area (Å²) in [6.45, 7) is 6.97. The highest BCUT2D eigenvalue weighted by Gasteiger charge is 2.11. The van der Waals surface area contributed by atoms with Gasteiger partial charge in [-0.3, -0.25) is 0 Å². The zero-order chi connectivity index (χ0) is 20.6. The molecule has 1 aromatic carbocycles. The number of unbranched alkanes of at least 4 members (excludes halogenated alkanes) is 1. The normalized spacial score (nSPS) is 10.7. The minimum absolute atomic E-state index is 0.207. The highest BCUT2D eigenvalue weighted by atomic mass is 32.1. The first kappa shape index (κ1) is 21.0. The molecule has 0 aliphatic heterocycles. The summed E-state index contributed by atoms with van der Waals surface area (Å²) in [5.41, 5.74) is 3.38. The van der Waals surface area contributed by atoms with Crippen molar-refractivity contribution >= 4 is 34.2 Å². The molecule has 0 fully saturated rings. The lowest BCUT2D eigenvalue weighted by atomic mass is 10.1. The van der Waals surface area contributed by atoms with Gasteiger partial charge < -0.3 is 15.3 Å². The molecule has 2 heterocycles. The summed E-state index contributed by atoms with van der Waals surface area (Å²) in [5, 5.41) is 13.5. The number of benzene rings is 1. The third-order valence-corrected chi connectivity index (χ3v) is 5.78. The van der Waals surface area contributed by atoms with E-state index >= 15 is 0 Å². The van der Waals surface area contributed by atoms with Gasteiger partial charge in [0, 0.05) is 37.6 Å². The SMILES string of the molecule is C=Cc1sc(Nc2cc(Cc3ccccc3)nc(N(C)CCCCO)n2)cc1C. The molecule has 2 aromatic heterocycles. The zero-order valence-electron chi connectivity index (χ0n) is 17.1. The molecule has 0 aliphatic carbocycles. The van der Waals surface area contributed by atoms with Crippen molar-refractivity contribution in [3.05, 3.63) is 70.7 Å². The van der Waals surface area contributed by atoms with Crippen LogP contribution in [0.2, 0.25) is 0 Å². The maximum absolute atomic E-state index is 9.05. The van der Waals surface area contributed by atoms with Crippen LogP contribution >= 0.6 is 11.3 Å². The van der Waals surface area contributed by atoms with Crippen molar-refractivity contribution in [3.8, 4) is 0 Å². The van der Waals surface area contributed by atoms with Gasteiger partial charge in [-0.15, -0.1) is 11.3 Å². The average Bonchev–Trinajstić information content (AvgIpc) is 3.07. The molecule has 0 spiro atoms. The molecule has 3 aromatic rings. The standard InChI is InChI=1S/C23H28N4OS/c1-4-20-17(2)14-22(29-20)25-21-16-19(15-18-10-6-5-7-11-18)24-23(26-21)27(3)12-8-9-13-28/h4-7,10-11,14,16,28H,1,8-9,12-13,15H2,2-3H3,(H,24,25,26).